The number of ether oxygens (including phenoxy) is 1. The zero-order chi connectivity index (χ0) is 18.8. The first kappa shape index (κ1) is 17.4. The van der Waals surface area contributed by atoms with Crippen LogP contribution in [0.15, 0.2) is 60.9 Å². The van der Waals surface area contributed by atoms with Gasteiger partial charge in [0, 0.05) is 24.4 Å². The number of phenolic OH excluding ortho intramolecular Hbond substituents is 1. The minimum absolute atomic E-state index is 0.178. The van der Waals surface area contributed by atoms with Gasteiger partial charge in [-0.3, -0.25) is 9.78 Å². The maximum Gasteiger partial charge on any atom is 0.253 e. The van der Waals surface area contributed by atoms with E-state index in [1.807, 2.05) is 30.3 Å². The minimum Gasteiger partial charge on any atom is -0.508 e. The lowest BCUT2D eigenvalue weighted by atomic mass is 9.95. The summed E-state index contributed by atoms with van der Waals surface area (Å²) < 4.78 is 5.75. The van der Waals surface area contributed by atoms with Gasteiger partial charge in [0.2, 0.25) is 0 Å². The number of nitrogens with zero attached hydrogens (tertiary/aromatic N) is 1. The Labute approximate surface area is 161 Å². The molecule has 0 aliphatic carbocycles. The summed E-state index contributed by atoms with van der Waals surface area (Å²) in [4.78, 5) is 16.6. The standard InChI is InChI=1S/C21H17ClN2O3/c22-18-12-23-9-7-16(18)21(26)24-19-8-10-27-20-6-3-14(11-17(19)20)13-1-4-15(25)5-2-13/h1-7,9,11-12,19,25H,8,10H2,(H,24,26). The van der Waals surface area contributed by atoms with Crippen LogP contribution in [0, 0.1) is 0 Å². The molecular weight excluding hydrogens is 364 g/mol. The van der Waals surface area contributed by atoms with Gasteiger partial charge in [0.05, 0.1) is 23.2 Å². The number of rotatable bonds is 3. The van der Waals surface area contributed by atoms with Crippen LogP contribution in [0.3, 0.4) is 0 Å². The smallest absolute Gasteiger partial charge is 0.253 e. The summed E-state index contributed by atoms with van der Waals surface area (Å²) in [6.07, 6.45) is 3.67. The highest BCUT2D eigenvalue weighted by molar-refractivity contribution is 6.33. The van der Waals surface area contributed by atoms with Gasteiger partial charge >= 0.3 is 0 Å². The van der Waals surface area contributed by atoms with E-state index in [4.69, 9.17) is 16.3 Å². The van der Waals surface area contributed by atoms with Crippen LogP contribution >= 0.6 is 11.6 Å². The molecule has 1 aliphatic rings. The van der Waals surface area contributed by atoms with Gasteiger partial charge in [-0.1, -0.05) is 29.8 Å². The Balaban J connectivity index is 1.64. The topological polar surface area (TPSA) is 71.5 Å². The van der Waals surface area contributed by atoms with E-state index in [9.17, 15) is 9.90 Å². The second kappa shape index (κ2) is 7.29. The summed E-state index contributed by atoms with van der Waals surface area (Å²) in [6, 6.07) is 14.3. The van der Waals surface area contributed by atoms with E-state index in [1.54, 1.807) is 24.4 Å². The highest BCUT2D eigenvalue weighted by atomic mass is 35.5. The van der Waals surface area contributed by atoms with Gasteiger partial charge in [-0.15, -0.1) is 0 Å². The average molecular weight is 381 g/mol. The molecule has 27 heavy (non-hydrogen) atoms. The van der Waals surface area contributed by atoms with Crippen LogP contribution in [0.25, 0.3) is 11.1 Å². The van der Waals surface area contributed by atoms with Crippen molar-refractivity contribution < 1.29 is 14.6 Å². The molecule has 0 fully saturated rings. The Morgan fingerprint density at radius 2 is 1.93 bits per heavy atom. The Morgan fingerprint density at radius 1 is 1.15 bits per heavy atom. The Bertz CT molecular complexity index is 989. The molecule has 0 bridgehead atoms. The summed E-state index contributed by atoms with van der Waals surface area (Å²) in [7, 11) is 0. The summed E-state index contributed by atoms with van der Waals surface area (Å²) in [5.74, 6) is 0.740. The van der Waals surface area contributed by atoms with Gasteiger partial charge in [-0.2, -0.15) is 0 Å². The molecule has 2 heterocycles. The van der Waals surface area contributed by atoms with Crippen molar-refractivity contribution in [1.29, 1.82) is 0 Å². The third-order valence-electron chi connectivity index (χ3n) is 4.57. The average Bonchev–Trinajstić information content (AvgIpc) is 2.69. The summed E-state index contributed by atoms with van der Waals surface area (Å²) in [6.45, 7) is 0.528. The molecule has 6 heteroatoms. The number of pyridine rings is 1. The van der Waals surface area contributed by atoms with Gasteiger partial charge in [0.1, 0.15) is 11.5 Å². The van der Waals surface area contributed by atoms with Gasteiger partial charge < -0.3 is 15.2 Å². The van der Waals surface area contributed by atoms with Crippen molar-refractivity contribution in [2.45, 2.75) is 12.5 Å². The number of aromatic hydroxyl groups is 1. The predicted molar refractivity (Wildman–Crippen MR) is 103 cm³/mol. The van der Waals surface area contributed by atoms with Crippen molar-refractivity contribution in [3.63, 3.8) is 0 Å². The van der Waals surface area contributed by atoms with Gasteiger partial charge in [-0.05, 0) is 41.5 Å². The van der Waals surface area contributed by atoms with E-state index >= 15 is 0 Å². The Kier molecular flexibility index (Phi) is 4.69. The monoisotopic (exact) mass is 380 g/mol. The number of hydrogen-bond donors (Lipinski definition) is 2. The van der Waals surface area contributed by atoms with E-state index in [0.717, 1.165) is 22.4 Å². The molecular formula is C21H17ClN2O3. The fraction of sp³-hybridized carbons (Fsp3) is 0.143. The molecule has 1 unspecified atom stereocenters. The lowest BCUT2D eigenvalue weighted by Crippen LogP contribution is -2.32. The Hall–Kier alpha value is -3.05. The first-order chi connectivity index (χ1) is 13.1. The molecule has 2 N–H and O–H groups in total. The molecule has 0 spiro atoms. The molecule has 0 saturated carbocycles. The zero-order valence-electron chi connectivity index (χ0n) is 14.4. The molecule has 0 radical (unpaired) electrons. The SMILES string of the molecule is O=C(NC1CCOc2ccc(-c3ccc(O)cc3)cc21)c1ccncc1Cl. The van der Waals surface area contributed by atoms with Crippen molar-refractivity contribution in [1.82, 2.24) is 10.3 Å². The molecule has 1 aliphatic heterocycles. The van der Waals surface area contributed by atoms with Crippen molar-refractivity contribution in [3.05, 3.63) is 77.1 Å². The number of halogens is 1. The lowest BCUT2D eigenvalue weighted by molar-refractivity contribution is 0.0925. The highest BCUT2D eigenvalue weighted by Crippen LogP contribution is 2.36. The maximum atomic E-state index is 12.6. The molecule has 1 amide bonds. The second-order valence-electron chi connectivity index (χ2n) is 6.32. The number of carbonyl (C=O) groups is 1. The normalized spacial score (nSPS) is 15.5. The second-order valence-corrected chi connectivity index (χ2v) is 6.73. The molecule has 1 aromatic heterocycles. The maximum absolute atomic E-state index is 12.6. The summed E-state index contributed by atoms with van der Waals surface area (Å²) >= 11 is 6.09. The number of amides is 1. The minimum atomic E-state index is -0.240. The fourth-order valence-corrected chi connectivity index (χ4v) is 3.38. The lowest BCUT2D eigenvalue weighted by Gasteiger charge is -2.27. The number of nitrogens with one attached hydrogen (secondary N) is 1. The van der Waals surface area contributed by atoms with E-state index in [1.165, 1.54) is 6.20 Å². The van der Waals surface area contributed by atoms with Crippen molar-refractivity contribution in [2.75, 3.05) is 6.61 Å². The van der Waals surface area contributed by atoms with Crippen LogP contribution in [0.1, 0.15) is 28.4 Å². The van der Waals surface area contributed by atoms with Crippen LogP contribution in [-0.2, 0) is 0 Å². The van der Waals surface area contributed by atoms with Gasteiger partial charge in [-0.25, -0.2) is 0 Å². The van der Waals surface area contributed by atoms with Crippen LogP contribution in [0.2, 0.25) is 5.02 Å². The Morgan fingerprint density at radius 3 is 2.70 bits per heavy atom. The number of fused-ring (bicyclic) bond motifs is 1. The quantitative estimate of drug-likeness (QED) is 0.708. The van der Waals surface area contributed by atoms with E-state index in [-0.39, 0.29) is 17.7 Å². The molecule has 2 aromatic carbocycles. The van der Waals surface area contributed by atoms with Crippen LogP contribution in [0.5, 0.6) is 11.5 Å². The summed E-state index contributed by atoms with van der Waals surface area (Å²) in [5.41, 5.74) is 3.28. The number of hydrogen-bond acceptors (Lipinski definition) is 4. The van der Waals surface area contributed by atoms with Gasteiger partial charge in [0.25, 0.3) is 5.91 Å². The van der Waals surface area contributed by atoms with Gasteiger partial charge in [0.15, 0.2) is 0 Å². The predicted octanol–water partition coefficient (Wildman–Crippen LogP) is 4.36. The largest absolute Gasteiger partial charge is 0.508 e. The van der Waals surface area contributed by atoms with Crippen LogP contribution in [0.4, 0.5) is 0 Å². The molecule has 3 aromatic rings. The zero-order valence-corrected chi connectivity index (χ0v) is 15.1. The molecule has 0 saturated heterocycles. The first-order valence-electron chi connectivity index (χ1n) is 8.58. The van der Waals surface area contributed by atoms with Crippen LogP contribution < -0.4 is 10.1 Å². The van der Waals surface area contributed by atoms with Crippen molar-refractivity contribution in [2.24, 2.45) is 0 Å². The summed E-state index contributed by atoms with van der Waals surface area (Å²) in [5, 5.41) is 12.9. The molecule has 5 nitrogen and oxygen atoms in total. The number of benzene rings is 2. The van der Waals surface area contributed by atoms with E-state index in [2.05, 4.69) is 10.3 Å². The van der Waals surface area contributed by atoms with E-state index in [0.29, 0.717) is 23.6 Å². The molecule has 1 atom stereocenters. The molecule has 136 valence electrons. The van der Waals surface area contributed by atoms with Crippen molar-refractivity contribution in [3.8, 4) is 22.6 Å². The number of phenols is 1. The highest BCUT2D eigenvalue weighted by Gasteiger charge is 2.24. The number of carbonyl (C=O) groups excluding carboxylic acids is 1. The van der Waals surface area contributed by atoms with Crippen molar-refractivity contribution >= 4 is 17.5 Å². The fourth-order valence-electron chi connectivity index (χ4n) is 3.17. The molecule has 4 rings (SSSR count). The third kappa shape index (κ3) is 3.59. The number of aromatic nitrogens is 1. The third-order valence-corrected chi connectivity index (χ3v) is 4.87. The van der Waals surface area contributed by atoms with E-state index < -0.39 is 0 Å². The van der Waals surface area contributed by atoms with Crippen LogP contribution in [-0.4, -0.2) is 22.6 Å². The first-order valence-corrected chi connectivity index (χ1v) is 8.96.